The molecule has 0 radical (unpaired) electrons. The monoisotopic (exact) mass is 216 g/mol. The maximum Gasteiger partial charge on any atom is 0.319 e. The van der Waals surface area contributed by atoms with Gasteiger partial charge in [-0.3, -0.25) is 14.5 Å². The minimum atomic E-state index is -0.324. The number of rotatable bonds is 5. The van der Waals surface area contributed by atoms with Gasteiger partial charge in [0, 0.05) is 14.1 Å². The van der Waals surface area contributed by atoms with Gasteiger partial charge in [0.1, 0.15) is 0 Å². The third-order valence-corrected chi connectivity index (χ3v) is 2.31. The summed E-state index contributed by atoms with van der Waals surface area (Å²) in [6.45, 7) is 4.47. The maximum atomic E-state index is 11.6. The van der Waals surface area contributed by atoms with Crippen LogP contribution in [-0.4, -0.2) is 62.0 Å². The van der Waals surface area contributed by atoms with Crippen LogP contribution < -0.4 is 0 Å². The highest BCUT2D eigenvalue weighted by Gasteiger charge is 2.23. The standard InChI is InChI=1S/C10H20N2O3/c1-6-12(7-9(13)15-5)8(2)10(14)11(3)4/h8H,6-7H2,1-5H3. The van der Waals surface area contributed by atoms with Gasteiger partial charge in [-0.2, -0.15) is 0 Å². The average Bonchev–Trinajstić information content (AvgIpc) is 2.23. The first-order valence-corrected chi connectivity index (χ1v) is 4.96. The fourth-order valence-electron chi connectivity index (χ4n) is 1.28. The molecule has 0 spiro atoms. The number of hydrogen-bond acceptors (Lipinski definition) is 4. The van der Waals surface area contributed by atoms with Crippen molar-refractivity contribution in [1.29, 1.82) is 0 Å². The summed E-state index contributed by atoms with van der Waals surface area (Å²) >= 11 is 0. The van der Waals surface area contributed by atoms with Crippen LogP contribution in [0.2, 0.25) is 0 Å². The predicted molar refractivity (Wildman–Crippen MR) is 57.4 cm³/mol. The van der Waals surface area contributed by atoms with E-state index in [0.717, 1.165) is 0 Å². The fourth-order valence-corrected chi connectivity index (χ4v) is 1.28. The Bertz CT molecular complexity index is 229. The van der Waals surface area contributed by atoms with Crippen LogP contribution in [0.5, 0.6) is 0 Å². The topological polar surface area (TPSA) is 49.9 Å². The molecule has 0 aromatic carbocycles. The van der Waals surface area contributed by atoms with Crippen molar-refractivity contribution in [3.63, 3.8) is 0 Å². The lowest BCUT2D eigenvalue weighted by atomic mass is 10.2. The van der Waals surface area contributed by atoms with Crippen molar-refractivity contribution in [3.05, 3.63) is 0 Å². The summed E-state index contributed by atoms with van der Waals surface area (Å²) in [6.07, 6.45) is 0. The molecule has 0 aliphatic heterocycles. The van der Waals surface area contributed by atoms with E-state index in [1.807, 2.05) is 6.92 Å². The molecule has 0 saturated heterocycles. The molecule has 0 aromatic rings. The Morgan fingerprint density at radius 1 is 1.33 bits per heavy atom. The molecule has 0 aliphatic carbocycles. The lowest BCUT2D eigenvalue weighted by Crippen LogP contribution is -2.46. The summed E-state index contributed by atoms with van der Waals surface area (Å²) in [5.41, 5.74) is 0. The van der Waals surface area contributed by atoms with E-state index in [-0.39, 0.29) is 24.5 Å². The molecule has 0 bridgehead atoms. The van der Waals surface area contributed by atoms with E-state index < -0.39 is 0 Å². The van der Waals surface area contributed by atoms with Crippen molar-refractivity contribution in [2.24, 2.45) is 0 Å². The van der Waals surface area contributed by atoms with Crippen molar-refractivity contribution >= 4 is 11.9 Å². The molecule has 5 heteroatoms. The molecule has 1 atom stereocenters. The highest BCUT2D eigenvalue weighted by Crippen LogP contribution is 2.02. The van der Waals surface area contributed by atoms with Gasteiger partial charge in [-0.25, -0.2) is 0 Å². The van der Waals surface area contributed by atoms with Crippen molar-refractivity contribution in [2.75, 3.05) is 34.3 Å². The Kier molecular flexibility index (Phi) is 5.93. The Morgan fingerprint density at radius 2 is 1.87 bits per heavy atom. The average molecular weight is 216 g/mol. The first kappa shape index (κ1) is 13.9. The minimum absolute atomic E-state index is 0.0132. The first-order valence-electron chi connectivity index (χ1n) is 4.96. The number of esters is 1. The van der Waals surface area contributed by atoms with Crippen LogP contribution in [0.3, 0.4) is 0 Å². The van der Waals surface area contributed by atoms with E-state index >= 15 is 0 Å². The number of carbonyl (C=O) groups is 2. The van der Waals surface area contributed by atoms with E-state index in [0.29, 0.717) is 6.54 Å². The molecule has 0 fully saturated rings. The third kappa shape index (κ3) is 4.29. The minimum Gasteiger partial charge on any atom is -0.468 e. The number of nitrogens with zero attached hydrogens (tertiary/aromatic N) is 2. The molecular weight excluding hydrogens is 196 g/mol. The van der Waals surface area contributed by atoms with Crippen LogP contribution in [0, 0.1) is 0 Å². The highest BCUT2D eigenvalue weighted by molar-refractivity contribution is 5.82. The smallest absolute Gasteiger partial charge is 0.319 e. The molecule has 15 heavy (non-hydrogen) atoms. The zero-order valence-electron chi connectivity index (χ0n) is 10.1. The van der Waals surface area contributed by atoms with E-state index in [1.54, 1.807) is 25.9 Å². The van der Waals surface area contributed by atoms with Crippen molar-refractivity contribution in [3.8, 4) is 0 Å². The lowest BCUT2D eigenvalue weighted by molar-refractivity contribution is -0.144. The molecule has 0 aromatic heterocycles. The van der Waals surface area contributed by atoms with Crippen LogP contribution in [0.15, 0.2) is 0 Å². The number of methoxy groups -OCH3 is 1. The van der Waals surface area contributed by atoms with Crippen LogP contribution >= 0.6 is 0 Å². The molecule has 88 valence electrons. The Labute approximate surface area is 91.0 Å². The number of hydrogen-bond donors (Lipinski definition) is 0. The maximum absolute atomic E-state index is 11.6. The van der Waals surface area contributed by atoms with Gasteiger partial charge in [0.15, 0.2) is 0 Å². The van der Waals surface area contributed by atoms with Crippen LogP contribution in [-0.2, 0) is 14.3 Å². The molecule has 0 N–H and O–H groups in total. The predicted octanol–water partition coefficient (Wildman–Crippen LogP) is -0.0420. The van der Waals surface area contributed by atoms with Crippen molar-refractivity contribution in [2.45, 2.75) is 19.9 Å². The van der Waals surface area contributed by atoms with Gasteiger partial charge >= 0.3 is 5.97 Å². The summed E-state index contributed by atoms with van der Waals surface area (Å²) in [6, 6.07) is -0.302. The fraction of sp³-hybridized carbons (Fsp3) is 0.800. The van der Waals surface area contributed by atoms with E-state index in [1.165, 1.54) is 12.0 Å². The van der Waals surface area contributed by atoms with Crippen LogP contribution in [0.1, 0.15) is 13.8 Å². The van der Waals surface area contributed by atoms with Gasteiger partial charge < -0.3 is 9.64 Å². The molecule has 1 amide bonds. The summed E-state index contributed by atoms with van der Waals surface area (Å²) in [4.78, 5) is 26.0. The Hall–Kier alpha value is -1.10. The summed E-state index contributed by atoms with van der Waals surface area (Å²) in [7, 11) is 4.74. The summed E-state index contributed by atoms with van der Waals surface area (Å²) < 4.78 is 4.57. The SMILES string of the molecule is CCN(CC(=O)OC)C(C)C(=O)N(C)C. The number of likely N-dealkylation sites (N-methyl/N-ethyl adjacent to an activating group) is 2. The van der Waals surface area contributed by atoms with Crippen molar-refractivity contribution in [1.82, 2.24) is 9.80 Å². The van der Waals surface area contributed by atoms with Gasteiger partial charge in [-0.15, -0.1) is 0 Å². The second kappa shape index (κ2) is 6.40. The normalized spacial score (nSPS) is 12.4. The molecule has 0 saturated carbocycles. The molecule has 0 heterocycles. The quantitative estimate of drug-likeness (QED) is 0.605. The molecule has 0 aliphatic rings. The largest absolute Gasteiger partial charge is 0.468 e. The van der Waals surface area contributed by atoms with Crippen LogP contribution in [0.4, 0.5) is 0 Å². The van der Waals surface area contributed by atoms with E-state index in [9.17, 15) is 9.59 Å². The molecular formula is C10H20N2O3. The van der Waals surface area contributed by atoms with Gasteiger partial charge in [-0.1, -0.05) is 6.92 Å². The van der Waals surface area contributed by atoms with Gasteiger partial charge in [0.25, 0.3) is 0 Å². The second-order valence-corrected chi connectivity index (χ2v) is 3.55. The zero-order valence-corrected chi connectivity index (χ0v) is 10.1. The van der Waals surface area contributed by atoms with Gasteiger partial charge in [-0.05, 0) is 13.5 Å². The molecule has 0 rings (SSSR count). The van der Waals surface area contributed by atoms with Gasteiger partial charge in [0.2, 0.25) is 5.91 Å². The zero-order chi connectivity index (χ0) is 12.0. The van der Waals surface area contributed by atoms with Crippen LogP contribution in [0.25, 0.3) is 0 Å². The molecule has 1 unspecified atom stereocenters. The lowest BCUT2D eigenvalue weighted by Gasteiger charge is -2.27. The Morgan fingerprint density at radius 3 is 2.20 bits per heavy atom. The van der Waals surface area contributed by atoms with E-state index in [2.05, 4.69) is 4.74 Å². The highest BCUT2D eigenvalue weighted by atomic mass is 16.5. The second-order valence-electron chi connectivity index (χ2n) is 3.55. The summed E-state index contributed by atoms with van der Waals surface area (Å²) in [5, 5.41) is 0. The number of amides is 1. The Balaban J connectivity index is 4.40. The third-order valence-electron chi connectivity index (χ3n) is 2.31. The first-order chi connectivity index (χ1) is 6.93. The van der Waals surface area contributed by atoms with Crippen molar-refractivity contribution < 1.29 is 14.3 Å². The van der Waals surface area contributed by atoms with Gasteiger partial charge in [0.05, 0.1) is 19.7 Å². The number of carbonyl (C=O) groups excluding carboxylic acids is 2. The summed E-state index contributed by atoms with van der Waals surface area (Å²) in [5.74, 6) is -0.337. The number of ether oxygens (including phenoxy) is 1. The molecule has 5 nitrogen and oxygen atoms in total. The van der Waals surface area contributed by atoms with E-state index in [4.69, 9.17) is 0 Å².